The highest BCUT2D eigenvalue weighted by molar-refractivity contribution is 5.78. The molecule has 4 aliphatic carbocycles. The van der Waals surface area contributed by atoms with Crippen molar-refractivity contribution >= 4 is 5.91 Å². The summed E-state index contributed by atoms with van der Waals surface area (Å²) in [5.74, 6) is 4.61. The number of piperidine rings is 1. The maximum absolute atomic E-state index is 13.6. The van der Waals surface area contributed by atoms with E-state index in [1.807, 2.05) is 5.57 Å². The van der Waals surface area contributed by atoms with Crippen LogP contribution in [0.3, 0.4) is 0 Å². The van der Waals surface area contributed by atoms with E-state index in [1.54, 1.807) is 0 Å². The molecule has 0 N–H and O–H groups in total. The molecule has 1 aliphatic heterocycles. The Kier molecular flexibility index (Phi) is 6.57. The zero-order valence-electron chi connectivity index (χ0n) is 24.2. The van der Waals surface area contributed by atoms with Crippen molar-refractivity contribution < 1.29 is 4.79 Å². The molecular weight excluding hydrogens is 426 g/mol. The number of fused-ring (bicyclic) bond motifs is 5. The first kappa shape index (κ1) is 25.8. The first-order valence-electron chi connectivity index (χ1n) is 15.4. The Morgan fingerprint density at radius 1 is 0.914 bits per heavy atom. The van der Waals surface area contributed by atoms with Crippen LogP contribution in [-0.4, -0.2) is 21.9 Å². The van der Waals surface area contributed by atoms with Crippen molar-refractivity contribution in [3.63, 3.8) is 0 Å². The monoisotopic (exact) mass is 481 g/mol. The van der Waals surface area contributed by atoms with Crippen LogP contribution in [-0.2, 0) is 4.79 Å². The molecular formula is C33H55NO. The van der Waals surface area contributed by atoms with E-state index in [0.717, 1.165) is 49.4 Å². The SMILES string of the molecule is CC(CCC(=O)N1C(C)(C)CCCC1(C)C)C1CCC2C3CC=C4CCCCC4(C)C3CCC12C. The average Bonchev–Trinajstić information content (AvgIpc) is 3.13. The third kappa shape index (κ3) is 4.16. The lowest BCUT2D eigenvalue weighted by Crippen LogP contribution is -2.61. The fraction of sp³-hybridized carbons (Fsp3) is 0.909. The number of allylic oxidation sites excluding steroid dienone is 2. The minimum absolute atomic E-state index is 0.00648. The van der Waals surface area contributed by atoms with E-state index in [1.165, 1.54) is 64.2 Å². The predicted octanol–water partition coefficient (Wildman–Crippen LogP) is 8.94. The molecule has 4 fully saturated rings. The molecule has 7 unspecified atom stereocenters. The Morgan fingerprint density at radius 3 is 2.34 bits per heavy atom. The first-order chi connectivity index (χ1) is 16.4. The van der Waals surface area contributed by atoms with Gasteiger partial charge < -0.3 is 4.90 Å². The zero-order valence-corrected chi connectivity index (χ0v) is 24.2. The number of rotatable bonds is 4. The minimum Gasteiger partial charge on any atom is -0.332 e. The van der Waals surface area contributed by atoms with Gasteiger partial charge in [-0.2, -0.15) is 0 Å². The summed E-state index contributed by atoms with van der Waals surface area (Å²) in [7, 11) is 0. The number of carbonyl (C=O) groups is 1. The molecule has 0 aromatic heterocycles. The summed E-state index contributed by atoms with van der Waals surface area (Å²) in [5, 5.41) is 0. The topological polar surface area (TPSA) is 20.3 Å². The molecule has 1 amide bonds. The molecule has 3 saturated carbocycles. The molecule has 0 radical (unpaired) electrons. The van der Waals surface area contributed by atoms with Crippen LogP contribution in [0.1, 0.15) is 138 Å². The number of likely N-dealkylation sites (tertiary alicyclic amines) is 1. The van der Waals surface area contributed by atoms with Crippen LogP contribution in [0.15, 0.2) is 11.6 Å². The molecule has 2 nitrogen and oxygen atoms in total. The summed E-state index contributed by atoms with van der Waals surface area (Å²) in [4.78, 5) is 15.9. The van der Waals surface area contributed by atoms with Crippen LogP contribution < -0.4 is 0 Å². The van der Waals surface area contributed by atoms with Crippen molar-refractivity contribution in [2.45, 2.75) is 149 Å². The molecule has 0 aromatic carbocycles. The summed E-state index contributed by atoms with van der Waals surface area (Å²) in [6, 6.07) is 0. The van der Waals surface area contributed by atoms with Gasteiger partial charge in [0.05, 0.1) is 0 Å². The molecule has 0 bridgehead atoms. The molecule has 35 heavy (non-hydrogen) atoms. The summed E-state index contributed by atoms with van der Waals surface area (Å²) >= 11 is 0. The lowest BCUT2D eigenvalue weighted by molar-refractivity contribution is -0.149. The zero-order chi connectivity index (χ0) is 25.2. The maximum Gasteiger partial charge on any atom is 0.223 e. The van der Waals surface area contributed by atoms with Gasteiger partial charge in [-0.3, -0.25) is 4.79 Å². The summed E-state index contributed by atoms with van der Waals surface area (Å²) < 4.78 is 0. The molecule has 7 atom stereocenters. The Morgan fingerprint density at radius 2 is 1.63 bits per heavy atom. The van der Waals surface area contributed by atoms with Gasteiger partial charge in [-0.1, -0.05) is 38.8 Å². The maximum atomic E-state index is 13.6. The van der Waals surface area contributed by atoms with E-state index in [2.05, 4.69) is 59.4 Å². The van der Waals surface area contributed by atoms with Gasteiger partial charge in [0, 0.05) is 17.5 Å². The second-order valence-electron chi connectivity index (χ2n) is 15.4. The van der Waals surface area contributed by atoms with Gasteiger partial charge in [-0.15, -0.1) is 0 Å². The molecule has 5 rings (SSSR count). The third-order valence-corrected chi connectivity index (χ3v) is 12.6. The summed E-state index contributed by atoms with van der Waals surface area (Å²) in [5.41, 5.74) is 2.82. The van der Waals surface area contributed by atoms with Crippen LogP contribution in [0.2, 0.25) is 0 Å². The van der Waals surface area contributed by atoms with Crippen molar-refractivity contribution in [3.8, 4) is 0 Å². The minimum atomic E-state index is -0.00648. The van der Waals surface area contributed by atoms with Crippen molar-refractivity contribution in [3.05, 3.63) is 11.6 Å². The van der Waals surface area contributed by atoms with Crippen molar-refractivity contribution in [1.82, 2.24) is 4.90 Å². The predicted molar refractivity (Wildman–Crippen MR) is 147 cm³/mol. The Balaban J connectivity index is 1.26. The van der Waals surface area contributed by atoms with Gasteiger partial charge in [0.2, 0.25) is 5.91 Å². The van der Waals surface area contributed by atoms with E-state index < -0.39 is 0 Å². The molecule has 2 heteroatoms. The van der Waals surface area contributed by atoms with Gasteiger partial charge in [-0.05, 0) is 145 Å². The number of nitrogens with zero attached hydrogens (tertiary/aromatic N) is 1. The first-order valence-corrected chi connectivity index (χ1v) is 15.4. The van der Waals surface area contributed by atoms with E-state index >= 15 is 0 Å². The molecule has 0 spiro atoms. The highest BCUT2D eigenvalue weighted by atomic mass is 16.2. The summed E-state index contributed by atoms with van der Waals surface area (Å²) in [6.07, 6.45) is 20.8. The molecule has 0 aromatic rings. The lowest BCUT2D eigenvalue weighted by Gasteiger charge is -2.58. The number of amides is 1. The van der Waals surface area contributed by atoms with Gasteiger partial charge >= 0.3 is 0 Å². The van der Waals surface area contributed by atoms with Crippen LogP contribution in [0, 0.1) is 40.4 Å². The number of carbonyl (C=O) groups excluding carboxylic acids is 1. The van der Waals surface area contributed by atoms with E-state index in [-0.39, 0.29) is 11.1 Å². The van der Waals surface area contributed by atoms with Crippen molar-refractivity contribution in [1.29, 1.82) is 0 Å². The van der Waals surface area contributed by atoms with Gasteiger partial charge in [0.15, 0.2) is 0 Å². The third-order valence-electron chi connectivity index (χ3n) is 12.6. The highest BCUT2D eigenvalue weighted by Crippen LogP contribution is 2.67. The van der Waals surface area contributed by atoms with E-state index in [4.69, 9.17) is 0 Å². The Labute approximate surface area is 217 Å². The van der Waals surface area contributed by atoms with Crippen molar-refractivity contribution in [2.24, 2.45) is 40.4 Å². The van der Waals surface area contributed by atoms with Crippen LogP contribution in [0.5, 0.6) is 0 Å². The number of hydrogen-bond acceptors (Lipinski definition) is 1. The van der Waals surface area contributed by atoms with Gasteiger partial charge in [-0.25, -0.2) is 0 Å². The Hall–Kier alpha value is -0.790. The quantitative estimate of drug-likeness (QED) is 0.367. The molecule has 5 aliphatic rings. The van der Waals surface area contributed by atoms with Crippen molar-refractivity contribution in [2.75, 3.05) is 0 Å². The fourth-order valence-electron chi connectivity index (χ4n) is 11.0. The smallest absolute Gasteiger partial charge is 0.223 e. The van der Waals surface area contributed by atoms with Gasteiger partial charge in [0.1, 0.15) is 0 Å². The second kappa shape index (κ2) is 8.90. The van der Waals surface area contributed by atoms with Crippen LogP contribution in [0.4, 0.5) is 0 Å². The molecule has 1 heterocycles. The molecule has 198 valence electrons. The molecule has 1 saturated heterocycles. The summed E-state index contributed by atoms with van der Waals surface area (Å²) in [6.45, 7) is 16.9. The highest BCUT2D eigenvalue weighted by Gasteiger charge is 2.58. The van der Waals surface area contributed by atoms with Crippen LogP contribution in [0.25, 0.3) is 0 Å². The number of hydrogen-bond donors (Lipinski definition) is 0. The van der Waals surface area contributed by atoms with E-state index in [0.29, 0.717) is 22.7 Å². The normalized spacial score (nSPS) is 42.9. The van der Waals surface area contributed by atoms with Gasteiger partial charge in [0.25, 0.3) is 0 Å². The lowest BCUT2D eigenvalue weighted by atomic mass is 9.47. The average molecular weight is 482 g/mol. The fourth-order valence-corrected chi connectivity index (χ4v) is 11.0. The van der Waals surface area contributed by atoms with E-state index in [9.17, 15) is 4.79 Å². The Bertz CT molecular complexity index is 837. The largest absolute Gasteiger partial charge is 0.332 e. The second-order valence-corrected chi connectivity index (χ2v) is 15.4. The standard InChI is InChI=1S/C33H55NO/c1-23(12-17-29(35)34-30(2,3)19-10-20-31(34,4)5)26-15-16-27-25-14-13-24-11-8-9-21-32(24,6)28(25)18-22-33(26,27)7/h13,23,25-28H,8-12,14-22H2,1-7H3. The van der Waals surface area contributed by atoms with Crippen LogP contribution >= 0.6 is 0 Å².